The van der Waals surface area contributed by atoms with E-state index >= 15 is 0 Å². The van der Waals surface area contributed by atoms with Crippen LogP contribution in [0.3, 0.4) is 0 Å². The molecule has 0 aliphatic carbocycles. The Bertz CT molecular complexity index is 370. The lowest BCUT2D eigenvalue weighted by Gasteiger charge is -2.23. The highest BCUT2D eigenvalue weighted by Gasteiger charge is 2.13. The van der Waals surface area contributed by atoms with Gasteiger partial charge in [0.05, 0.1) is 25.9 Å². The van der Waals surface area contributed by atoms with Crippen molar-refractivity contribution in [2.45, 2.75) is 12.6 Å². The lowest BCUT2D eigenvalue weighted by Crippen LogP contribution is -2.37. The molecule has 3 nitrogen and oxygen atoms in total. The van der Waals surface area contributed by atoms with Crippen molar-refractivity contribution in [1.82, 2.24) is 5.32 Å². The number of hydrogen-bond donors (Lipinski definition) is 1. The fourth-order valence-electron chi connectivity index (χ4n) is 1.69. The topological polar surface area (TPSA) is 30.5 Å². The molecular formula is C12H15BrClNO2. The third-order valence-corrected chi connectivity index (χ3v) is 3.56. The molecule has 1 atom stereocenters. The number of ether oxygens (including phenoxy) is 2. The van der Waals surface area contributed by atoms with Crippen LogP contribution >= 0.6 is 27.5 Å². The quantitative estimate of drug-likeness (QED) is 0.925. The average Bonchev–Trinajstić information content (AvgIpc) is 2.33. The molecule has 1 saturated heterocycles. The fraction of sp³-hybridized carbons (Fsp3) is 0.500. The van der Waals surface area contributed by atoms with Gasteiger partial charge >= 0.3 is 0 Å². The van der Waals surface area contributed by atoms with E-state index < -0.39 is 0 Å². The molecule has 0 spiro atoms. The summed E-state index contributed by atoms with van der Waals surface area (Å²) in [6.45, 7) is 3.66. The van der Waals surface area contributed by atoms with Gasteiger partial charge in [0.15, 0.2) is 0 Å². The molecule has 17 heavy (non-hydrogen) atoms. The number of halogens is 2. The molecule has 0 saturated carbocycles. The second-order valence-corrected chi connectivity index (χ2v) is 5.23. The molecule has 1 aliphatic rings. The predicted octanol–water partition coefficient (Wildman–Crippen LogP) is 2.61. The van der Waals surface area contributed by atoms with Gasteiger partial charge in [0.25, 0.3) is 0 Å². The maximum atomic E-state index is 5.89. The van der Waals surface area contributed by atoms with Crippen molar-refractivity contribution in [2.75, 3.05) is 26.4 Å². The van der Waals surface area contributed by atoms with Gasteiger partial charge in [-0.25, -0.2) is 0 Å². The van der Waals surface area contributed by atoms with Crippen molar-refractivity contribution in [3.63, 3.8) is 0 Å². The summed E-state index contributed by atoms with van der Waals surface area (Å²) < 4.78 is 11.9. The molecular weight excluding hydrogens is 305 g/mol. The summed E-state index contributed by atoms with van der Waals surface area (Å²) >= 11 is 9.38. The van der Waals surface area contributed by atoms with E-state index in [4.69, 9.17) is 21.1 Å². The Morgan fingerprint density at radius 1 is 1.41 bits per heavy atom. The summed E-state index contributed by atoms with van der Waals surface area (Å²) in [6, 6.07) is 5.81. The molecule has 1 aliphatic heterocycles. The van der Waals surface area contributed by atoms with Gasteiger partial charge in [-0.05, 0) is 17.7 Å². The molecule has 1 fully saturated rings. The zero-order valence-corrected chi connectivity index (χ0v) is 11.8. The summed E-state index contributed by atoms with van der Waals surface area (Å²) in [6.07, 6.45) is 0.162. The Hall–Kier alpha value is -0.130. The molecule has 1 aromatic carbocycles. The van der Waals surface area contributed by atoms with Crippen molar-refractivity contribution in [1.29, 1.82) is 0 Å². The minimum atomic E-state index is 0.162. The lowest BCUT2D eigenvalue weighted by molar-refractivity contribution is -0.0864. The van der Waals surface area contributed by atoms with Crippen molar-refractivity contribution in [3.8, 4) is 0 Å². The molecule has 1 heterocycles. The Morgan fingerprint density at radius 3 is 3.00 bits per heavy atom. The molecule has 0 bridgehead atoms. The van der Waals surface area contributed by atoms with Gasteiger partial charge in [-0.1, -0.05) is 33.6 Å². The smallest absolute Gasteiger partial charge is 0.0933 e. The summed E-state index contributed by atoms with van der Waals surface area (Å²) in [4.78, 5) is 0. The SMILES string of the molecule is Clc1ccc(CNCC2COCCO2)c(Br)c1. The zero-order valence-electron chi connectivity index (χ0n) is 9.42. The highest BCUT2D eigenvalue weighted by atomic mass is 79.9. The van der Waals surface area contributed by atoms with Gasteiger partial charge in [0.2, 0.25) is 0 Å². The molecule has 0 aromatic heterocycles. The van der Waals surface area contributed by atoms with E-state index in [1.54, 1.807) is 0 Å². The van der Waals surface area contributed by atoms with Gasteiger partial charge in [-0.15, -0.1) is 0 Å². The van der Waals surface area contributed by atoms with Crippen LogP contribution in [0.15, 0.2) is 22.7 Å². The van der Waals surface area contributed by atoms with Crippen molar-refractivity contribution >= 4 is 27.5 Å². The minimum Gasteiger partial charge on any atom is -0.376 e. The van der Waals surface area contributed by atoms with Crippen molar-refractivity contribution < 1.29 is 9.47 Å². The van der Waals surface area contributed by atoms with Crippen LogP contribution in [0, 0.1) is 0 Å². The van der Waals surface area contributed by atoms with Crippen LogP contribution in [0.1, 0.15) is 5.56 Å². The molecule has 94 valence electrons. The Morgan fingerprint density at radius 2 is 2.29 bits per heavy atom. The van der Waals surface area contributed by atoms with Gasteiger partial charge in [0.1, 0.15) is 0 Å². The second-order valence-electron chi connectivity index (χ2n) is 3.93. The van der Waals surface area contributed by atoms with E-state index in [2.05, 4.69) is 21.2 Å². The number of nitrogens with one attached hydrogen (secondary N) is 1. The predicted molar refractivity (Wildman–Crippen MR) is 71.4 cm³/mol. The fourth-order valence-corrected chi connectivity index (χ4v) is 2.51. The second kappa shape index (κ2) is 6.71. The van der Waals surface area contributed by atoms with Crippen LogP contribution in [-0.4, -0.2) is 32.5 Å². The van der Waals surface area contributed by atoms with Crippen LogP contribution in [0.4, 0.5) is 0 Å². The van der Waals surface area contributed by atoms with Gasteiger partial charge in [0, 0.05) is 22.6 Å². The summed E-state index contributed by atoms with van der Waals surface area (Å²) in [5.74, 6) is 0. The maximum Gasteiger partial charge on any atom is 0.0933 e. The Balaban J connectivity index is 1.77. The van der Waals surface area contributed by atoms with Gasteiger partial charge in [-0.3, -0.25) is 0 Å². The Kier molecular flexibility index (Phi) is 5.25. The van der Waals surface area contributed by atoms with Crippen LogP contribution in [0.2, 0.25) is 5.02 Å². The van der Waals surface area contributed by atoms with Crippen LogP contribution in [0.25, 0.3) is 0 Å². The summed E-state index contributed by atoms with van der Waals surface area (Å²) in [5.41, 5.74) is 1.19. The highest BCUT2D eigenvalue weighted by molar-refractivity contribution is 9.10. The minimum absolute atomic E-state index is 0.162. The molecule has 5 heteroatoms. The number of rotatable bonds is 4. The molecule has 1 aromatic rings. The van der Waals surface area contributed by atoms with Crippen LogP contribution in [0.5, 0.6) is 0 Å². The van der Waals surface area contributed by atoms with E-state index in [1.165, 1.54) is 5.56 Å². The summed E-state index contributed by atoms with van der Waals surface area (Å²) in [7, 11) is 0. The van der Waals surface area contributed by atoms with Crippen LogP contribution in [-0.2, 0) is 16.0 Å². The largest absolute Gasteiger partial charge is 0.376 e. The molecule has 0 amide bonds. The van der Waals surface area contributed by atoms with E-state index in [0.717, 1.165) is 22.6 Å². The van der Waals surface area contributed by atoms with Crippen molar-refractivity contribution in [3.05, 3.63) is 33.3 Å². The number of hydrogen-bond acceptors (Lipinski definition) is 3. The van der Waals surface area contributed by atoms with Gasteiger partial charge < -0.3 is 14.8 Å². The molecule has 0 radical (unpaired) electrons. The van der Waals surface area contributed by atoms with E-state index in [1.807, 2.05) is 18.2 Å². The first-order chi connectivity index (χ1) is 8.25. The molecule has 1 unspecified atom stereocenters. The van der Waals surface area contributed by atoms with Crippen LogP contribution < -0.4 is 5.32 Å². The zero-order chi connectivity index (χ0) is 12.1. The third-order valence-electron chi connectivity index (χ3n) is 2.59. The average molecular weight is 321 g/mol. The van der Waals surface area contributed by atoms with E-state index in [9.17, 15) is 0 Å². The molecule has 2 rings (SSSR count). The highest BCUT2D eigenvalue weighted by Crippen LogP contribution is 2.21. The standard InChI is InChI=1S/C12H15BrClNO2/c13-12-5-10(14)2-1-9(12)6-15-7-11-8-16-3-4-17-11/h1-2,5,11,15H,3-4,6-8H2. The number of benzene rings is 1. The maximum absolute atomic E-state index is 5.89. The monoisotopic (exact) mass is 319 g/mol. The van der Waals surface area contributed by atoms with E-state index in [0.29, 0.717) is 19.8 Å². The Labute approximate surface area is 115 Å². The third kappa shape index (κ3) is 4.23. The summed E-state index contributed by atoms with van der Waals surface area (Å²) in [5, 5.41) is 4.09. The first-order valence-corrected chi connectivity index (χ1v) is 6.77. The first-order valence-electron chi connectivity index (χ1n) is 5.59. The van der Waals surface area contributed by atoms with Crippen molar-refractivity contribution in [2.24, 2.45) is 0 Å². The lowest BCUT2D eigenvalue weighted by atomic mass is 10.2. The molecule has 1 N–H and O–H groups in total. The van der Waals surface area contributed by atoms with E-state index in [-0.39, 0.29) is 6.10 Å². The normalized spacial score (nSPS) is 20.5. The van der Waals surface area contributed by atoms with Gasteiger partial charge in [-0.2, -0.15) is 0 Å². The first kappa shape index (κ1) is 13.3.